The predicted molar refractivity (Wildman–Crippen MR) is 72.1 cm³/mol. The van der Waals surface area contributed by atoms with Crippen LogP contribution in [0.3, 0.4) is 0 Å². The van der Waals surface area contributed by atoms with Gasteiger partial charge in [-0.1, -0.05) is 13.0 Å². The summed E-state index contributed by atoms with van der Waals surface area (Å²) >= 11 is 0. The summed E-state index contributed by atoms with van der Waals surface area (Å²) in [6.07, 6.45) is 3.64. The number of hydrogen-bond donors (Lipinski definition) is 2. The lowest BCUT2D eigenvalue weighted by atomic mass is 10.1. The van der Waals surface area contributed by atoms with Crippen LogP contribution in [0.5, 0.6) is 0 Å². The van der Waals surface area contributed by atoms with Crippen molar-refractivity contribution in [2.24, 2.45) is 0 Å². The van der Waals surface area contributed by atoms with Crippen molar-refractivity contribution in [3.8, 4) is 0 Å². The molecule has 0 heterocycles. The Morgan fingerprint density at radius 1 is 1.26 bits per heavy atom. The number of quaternary nitrogens is 1. The topological polar surface area (TPSA) is 101 Å². The predicted octanol–water partition coefficient (Wildman–Crippen LogP) is 0.939. The maximum Gasteiger partial charge on any atom is 0.394 e. The Morgan fingerprint density at radius 2 is 1.68 bits per heavy atom. The molecule has 0 fully saturated rings. The molecule has 0 saturated heterocycles. The first-order valence-electron chi connectivity index (χ1n) is 5.68. The van der Waals surface area contributed by atoms with Crippen LogP contribution in [0.4, 0.5) is 0 Å². The van der Waals surface area contributed by atoms with Gasteiger partial charge in [-0.2, -0.15) is 8.42 Å². The van der Waals surface area contributed by atoms with Gasteiger partial charge in [0.2, 0.25) is 0 Å². The Labute approximate surface area is 115 Å². The summed E-state index contributed by atoms with van der Waals surface area (Å²) in [6.45, 7) is 3.00. The third-order valence-electron chi connectivity index (χ3n) is 2.02. The summed E-state index contributed by atoms with van der Waals surface area (Å²) in [6, 6.07) is 0. The van der Waals surface area contributed by atoms with E-state index >= 15 is 0 Å². The molecule has 0 spiro atoms. The number of ether oxygens (including phenoxy) is 1. The third-order valence-corrected chi connectivity index (χ3v) is 2.02. The van der Waals surface area contributed by atoms with Crippen molar-refractivity contribution in [1.29, 1.82) is 0 Å². The van der Waals surface area contributed by atoms with Gasteiger partial charge >= 0.3 is 16.4 Å². The molecule has 2 N–H and O–H groups in total. The fourth-order valence-corrected chi connectivity index (χ4v) is 1.13. The SMILES string of the molecule is CCC(=CCC[N+](C)(C)C)C(=O)OC.O=S(=O)(O)O. The Kier molecular flexibility index (Phi) is 9.67. The monoisotopic (exact) mass is 298 g/mol. The molecule has 19 heavy (non-hydrogen) atoms. The van der Waals surface area contributed by atoms with Crippen LogP contribution >= 0.6 is 0 Å². The van der Waals surface area contributed by atoms with Crippen molar-refractivity contribution in [2.75, 3.05) is 34.8 Å². The van der Waals surface area contributed by atoms with E-state index in [1.807, 2.05) is 13.0 Å². The molecule has 0 aliphatic carbocycles. The molecule has 0 aliphatic heterocycles. The summed E-state index contributed by atoms with van der Waals surface area (Å²) in [5.41, 5.74) is 0.779. The molecule has 114 valence electrons. The highest BCUT2D eigenvalue weighted by molar-refractivity contribution is 7.79. The average molecular weight is 298 g/mol. The summed E-state index contributed by atoms with van der Waals surface area (Å²) < 4.78 is 37.2. The van der Waals surface area contributed by atoms with E-state index in [4.69, 9.17) is 17.5 Å². The molecule has 8 heteroatoms. The minimum absolute atomic E-state index is 0.200. The zero-order chi connectivity index (χ0) is 15.7. The number of methoxy groups -OCH3 is 1. The van der Waals surface area contributed by atoms with Crippen molar-refractivity contribution in [3.05, 3.63) is 11.6 Å². The molecule has 0 aliphatic rings. The zero-order valence-corrected chi connectivity index (χ0v) is 12.9. The van der Waals surface area contributed by atoms with Crippen molar-refractivity contribution in [3.63, 3.8) is 0 Å². The number of carbonyl (C=O) groups excluding carboxylic acids is 1. The van der Waals surface area contributed by atoms with Gasteiger partial charge in [0.25, 0.3) is 0 Å². The number of rotatable bonds is 5. The summed E-state index contributed by atoms with van der Waals surface area (Å²) in [7, 11) is 3.17. The number of nitrogens with zero attached hydrogens (tertiary/aromatic N) is 1. The van der Waals surface area contributed by atoms with Crippen LogP contribution in [0, 0.1) is 0 Å². The normalized spacial score (nSPS) is 12.5. The molecule has 0 radical (unpaired) electrons. The summed E-state index contributed by atoms with van der Waals surface area (Å²) in [5, 5.41) is 0. The van der Waals surface area contributed by atoms with Gasteiger partial charge in [0.15, 0.2) is 0 Å². The van der Waals surface area contributed by atoms with E-state index in [-0.39, 0.29) is 5.97 Å². The van der Waals surface area contributed by atoms with Gasteiger partial charge < -0.3 is 9.22 Å². The van der Waals surface area contributed by atoms with E-state index < -0.39 is 10.4 Å². The van der Waals surface area contributed by atoms with Crippen LogP contribution in [-0.4, -0.2) is 62.8 Å². The largest absolute Gasteiger partial charge is 0.466 e. The highest BCUT2D eigenvalue weighted by Crippen LogP contribution is 2.05. The smallest absolute Gasteiger partial charge is 0.394 e. The third kappa shape index (κ3) is 19.6. The zero-order valence-electron chi connectivity index (χ0n) is 12.1. The number of esters is 1. The molecule has 7 nitrogen and oxygen atoms in total. The van der Waals surface area contributed by atoms with Crippen LogP contribution in [0.2, 0.25) is 0 Å². The molecule has 0 atom stereocenters. The van der Waals surface area contributed by atoms with Gasteiger partial charge in [-0.05, 0) is 6.42 Å². The van der Waals surface area contributed by atoms with Crippen LogP contribution in [0.1, 0.15) is 19.8 Å². The van der Waals surface area contributed by atoms with Crippen molar-refractivity contribution >= 4 is 16.4 Å². The van der Waals surface area contributed by atoms with E-state index in [0.29, 0.717) is 0 Å². The highest BCUT2D eigenvalue weighted by atomic mass is 32.3. The van der Waals surface area contributed by atoms with E-state index in [2.05, 4.69) is 25.9 Å². The van der Waals surface area contributed by atoms with Gasteiger partial charge in [-0.25, -0.2) is 4.79 Å². The molecule has 0 aromatic rings. The second kappa shape index (κ2) is 9.03. The fourth-order valence-electron chi connectivity index (χ4n) is 1.13. The highest BCUT2D eigenvalue weighted by Gasteiger charge is 2.08. The van der Waals surface area contributed by atoms with Crippen LogP contribution in [0.25, 0.3) is 0 Å². The Bertz CT molecular complexity index is 386. The molecule has 0 saturated carbocycles. The molecular weight excluding hydrogens is 274 g/mol. The van der Waals surface area contributed by atoms with E-state index in [1.54, 1.807) is 0 Å². The summed E-state index contributed by atoms with van der Waals surface area (Å²) in [4.78, 5) is 11.2. The minimum Gasteiger partial charge on any atom is -0.466 e. The molecule has 0 rings (SSSR count). The molecule has 0 aromatic carbocycles. The van der Waals surface area contributed by atoms with Crippen LogP contribution in [0.15, 0.2) is 11.6 Å². The lowest BCUT2D eigenvalue weighted by Gasteiger charge is -2.23. The molecule has 0 unspecified atom stereocenters. The maximum atomic E-state index is 11.2. The molecule has 0 aromatic heterocycles. The Balaban J connectivity index is 0. The first-order valence-corrected chi connectivity index (χ1v) is 7.08. The molecular formula is C11H24NO6S+. The minimum atomic E-state index is -4.67. The van der Waals surface area contributed by atoms with Gasteiger partial charge in [-0.15, -0.1) is 0 Å². The van der Waals surface area contributed by atoms with Crippen LogP contribution < -0.4 is 0 Å². The van der Waals surface area contributed by atoms with Crippen molar-refractivity contribution in [2.45, 2.75) is 19.8 Å². The molecule has 0 bridgehead atoms. The average Bonchev–Trinajstić information content (AvgIpc) is 2.19. The Hall–Kier alpha value is -0.960. The second-order valence-corrected chi connectivity index (χ2v) is 5.72. The standard InChI is InChI=1S/C11H22NO2.H2O4S/c1-6-10(11(13)14-5)8-7-9-12(2,3)4;1-5(2,3)4/h8H,6-7,9H2,1-5H3;(H2,1,2,3,4)/q+1;. The lowest BCUT2D eigenvalue weighted by Crippen LogP contribution is -2.35. The van der Waals surface area contributed by atoms with Gasteiger partial charge in [0.1, 0.15) is 0 Å². The second-order valence-electron chi connectivity index (χ2n) is 4.82. The van der Waals surface area contributed by atoms with Crippen LogP contribution in [-0.2, 0) is 19.9 Å². The van der Waals surface area contributed by atoms with Gasteiger partial charge in [-0.3, -0.25) is 9.11 Å². The van der Waals surface area contributed by atoms with Crippen molar-refractivity contribution in [1.82, 2.24) is 0 Å². The number of carbonyl (C=O) groups is 1. The van der Waals surface area contributed by atoms with Gasteiger partial charge in [0.05, 0.1) is 34.8 Å². The first kappa shape index (κ1) is 20.4. The van der Waals surface area contributed by atoms with E-state index in [9.17, 15) is 4.79 Å². The number of hydrogen-bond acceptors (Lipinski definition) is 4. The van der Waals surface area contributed by atoms with Crippen molar-refractivity contribution < 1.29 is 31.5 Å². The summed E-state index contributed by atoms with van der Waals surface area (Å²) in [5.74, 6) is -0.200. The molecule has 0 amide bonds. The van der Waals surface area contributed by atoms with E-state index in [1.165, 1.54) is 7.11 Å². The van der Waals surface area contributed by atoms with Gasteiger partial charge in [0, 0.05) is 12.0 Å². The lowest BCUT2D eigenvalue weighted by molar-refractivity contribution is -0.869. The Morgan fingerprint density at radius 3 is 1.95 bits per heavy atom. The van der Waals surface area contributed by atoms with E-state index in [0.717, 1.165) is 29.4 Å². The first-order chi connectivity index (χ1) is 8.40. The quantitative estimate of drug-likeness (QED) is 0.339. The maximum absolute atomic E-state index is 11.2. The fraction of sp³-hybridized carbons (Fsp3) is 0.727.